The summed E-state index contributed by atoms with van der Waals surface area (Å²) in [7, 11) is 0. The van der Waals surface area contributed by atoms with Crippen LogP contribution in [0.2, 0.25) is 0 Å². The second-order valence-electron chi connectivity index (χ2n) is 7.94. The van der Waals surface area contributed by atoms with Crippen LogP contribution < -0.4 is 0 Å². The van der Waals surface area contributed by atoms with Gasteiger partial charge in [0.1, 0.15) is 5.82 Å². The third kappa shape index (κ3) is 3.76. The molecule has 1 aromatic carbocycles. The number of pyridine rings is 3. The maximum absolute atomic E-state index is 5.10. The van der Waals surface area contributed by atoms with Crippen LogP contribution in [-0.2, 0) is 0 Å². The van der Waals surface area contributed by atoms with Crippen LogP contribution in [0.4, 0.5) is 0 Å². The van der Waals surface area contributed by atoms with Crippen LogP contribution in [0.3, 0.4) is 0 Å². The summed E-state index contributed by atoms with van der Waals surface area (Å²) in [6, 6.07) is 18.7. The topological polar surface area (TPSA) is 43.6 Å². The van der Waals surface area contributed by atoms with Gasteiger partial charge in [-0.15, -0.1) is 0 Å². The molecule has 33 heavy (non-hydrogen) atoms. The van der Waals surface area contributed by atoms with Gasteiger partial charge in [0.15, 0.2) is 0 Å². The molecule has 4 heterocycles. The van der Waals surface area contributed by atoms with Gasteiger partial charge in [-0.3, -0.25) is 14.5 Å². The third-order valence-corrected chi connectivity index (χ3v) is 5.72. The van der Waals surface area contributed by atoms with Crippen LogP contribution in [0, 0.1) is 6.92 Å². The average Bonchev–Trinajstić information content (AvgIpc) is 3.17. The van der Waals surface area contributed by atoms with Gasteiger partial charge in [0.05, 0.1) is 16.9 Å². The number of rotatable bonds is 5. The van der Waals surface area contributed by atoms with E-state index in [0.717, 1.165) is 50.4 Å². The van der Waals surface area contributed by atoms with Crippen molar-refractivity contribution in [3.8, 4) is 28.2 Å². The zero-order valence-corrected chi connectivity index (χ0v) is 18.7. The van der Waals surface area contributed by atoms with E-state index in [2.05, 4.69) is 76.6 Å². The largest absolute Gasteiger partial charge is 0.294 e. The molecule has 160 valence electrons. The Morgan fingerprint density at radius 1 is 0.879 bits per heavy atom. The molecule has 0 saturated heterocycles. The van der Waals surface area contributed by atoms with Crippen LogP contribution >= 0.6 is 0 Å². The monoisotopic (exact) mass is 428 g/mol. The van der Waals surface area contributed by atoms with Crippen molar-refractivity contribution in [2.24, 2.45) is 0 Å². The summed E-state index contributed by atoms with van der Waals surface area (Å²) < 4.78 is 2.21. The molecule has 4 nitrogen and oxygen atoms in total. The molecule has 0 saturated carbocycles. The van der Waals surface area contributed by atoms with Crippen molar-refractivity contribution in [1.29, 1.82) is 0 Å². The zero-order chi connectivity index (χ0) is 22.8. The molecule has 0 aliphatic rings. The van der Waals surface area contributed by atoms with E-state index < -0.39 is 0 Å². The number of nitrogens with zero attached hydrogens (tertiary/aromatic N) is 4. The zero-order valence-electron chi connectivity index (χ0n) is 18.7. The van der Waals surface area contributed by atoms with E-state index in [0.29, 0.717) is 0 Å². The molecule has 4 aromatic heterocycles. The van der Waals surface area contributed by atoms with Crippen LogP contribution in [0.1, 0.15) is 23.7 Å². The Labute approximate surface area is 193 Å². The van der Waals surface area contributed by atoms with E-state index in [4.69, 9.17) is 4.98 Å². The summed E-state index contributed by atoms with van der Waals surface area (Å²) in [4.78, 5) is 13.7. The van der Waals surface area contributed by atoms with Crippen LogP contribution in [0.5, 0.6) is 0 Å². The molecule has 0 unspecified atom stereocenters. The lowest BCUT2D eigenvalue weighted by Crippen LogP contribution is -2.02. The van der Waals surface area contributed by atoms with E-state index in [1.165, 1.54) is 5.56 Å². The summed E-state index contributed by atoms with van der Waals surface area (Å²) in [6.45, 7) is 8.25. The predicted molar refractivity (Wildman–Crippen MR) is 137 cm³/mol. The molecular weight excluding hydrogens is 404 g/mol. The molecule has 0 N–H and O–H groups in total. The second-order valence-corrected chi connectivity index (χ2v) is 7.94. The number of fused-ring (bicyclic) bond motifs is 1. The summed E-state index contributed by atoms with van der Waals surface area (Å²) in [5.74, 6) is 0.838. The van der Waals surface area contributed by atoms with Gasteiger partial charge in [-0.1, -0.05) is 36.4 Å². The minimum atomic E-state index is 0.838. The highest BCUT2D eigenvalue weighted by molar-refractivity contribution is 5.95. The SMILES string of the molecule is C=Cc1c(/C=C\C)n(-c2cc(-c3cccnc3)cc(-c3cccnc3)n2)c2ccc(C)cc12. The number of allylic oxidation sites excluding steroid dienone is 1. The Balaban J connectivity index is 1.86. The van der Waals surface area contributed by atoms with Crippen molar-refractivity contribution in [2.45, 2.75) is 13.8 Å². The molecular formula is C29H24N4. The van der Waals surface area contributed by atoms with Crippen LogP contribution in [0.15, 0.2) is 92.0 Å². The Morgan fingerprint density at radius 3 is 2.30 bits per heavy atom. The van der Waals surface area contributed by atoms with Gasteiger partial charge >= 0.3 is 0 Å². The first-order valence-electron chi connectivity index (χ1n) is 10.9. The highest BCUT2D eigenvalue weighted by Gasteiger charge is 2.18. The molecule has 4 heteroatoms. The van der Waals surface area contributed by atoms with Crippen molar-refractivity contribution in [2.75, 3.05) is 0 Å². The minimum Gasteiger partial charge on any atom is -0.294 e. The Hall–Kier alpha value is -4.31. The number of aromatic nitrogens is 4. The van der Waals surface area contributed by atoms with Crippen molar-refractivity contribution in [3.63, 3.8) is 0 Å². The van der Waals surface area contributed by atoms with Crippen molar-refractivity contribution in [3.05, 3.63) is 109 Å². The van der Waals surface area contributed by atoms with Crippen molar-refractivity contribution in [1.82, 2.24) is 19.5 Å². The van der Waals surface area contributed by atoms with Crippen LogP contribution in [-0.4, -0.2) is 19.5 Å². The fourth-order valence-electron chi connectivity index (χ4n) is 4.23. The molecule has 0 fully saturated rings. The van der Waals surface area contributed by atoms with Gasteiger partial charge in [-0.05, 0) is 68.0 Å². The summed E-state index contributed by atoms with van der Waals surface area (Å²) >= 11 is 0. The first-order chi connectivity index (χ1) is 16.2. The highest BCUT2D eigenvalue weighted by Crippen LogP contribution is 2.34. The van der Waals surface area contributed by atoms with Crippen molar-refractivity contribution >= 4 is 23.1 Å². The van der Waals surface area contributed by atoms with E-state index in [1.54, 1.807) is 12.4 Å². The fraction of sp³-hybridized carbons (Fsp3) is 0.0690. The number of hydrogen-bond acceptors (Lipinski definition) is 3. The molecule has 0 radical (unpaired) electrons. The maximum atomic E-state index is 5.10. The lowest BCUT2D eigenvalue weighted by atomic mass is 10.1. The van der Waals surface area contributed by atoms with E-state index in [1.807, 2.05) is 43.6 Å². The molecule has 0 amide bonds. The summed E-state index contributed by atoms with van der Waals surface area (Å²) in [5.41, 5.74) is 8.37. The Morgan fingerprint density at radius 2 is 1.64 bits per heavy atom. The first-order valence-corrected chi connectivity index (χ1v) is 10.9. The fourth-order valence-corrected chi connectivity index (χ4v) is 4.23. The molecule has 0 bridgehead atoms. The van der Waals surface area contributed by atoms with Gasteiger partial charge in [-0.25, -0.2) is 4.98 Å². The third-order valence-electron chi connectivity index (χ3n) is 5.72. The lowest BCUT2D eigenvalue weighted by molar-refractivity contribution is 1.03. The van der Waals surface area contributed by atoms with Gasteiger partial charge in [0, 0.05) is 46.9 Å². The molecule has 0 aliphatic heterocycles. The van der Waals surface area contributed by atoms with Gasteiger partial charge in [0.25, 0.3) is 0 Å². The lowest BCUT2D eigenvalue weighted by Gasteiger charge is -2.13. The average molecular weight is 429 g/mol. The van der Waals surface area contributed by atoms with Gasteiger partial charge in [0.2, 0.25) is 0 Å². The van der Waals surface area contributed by atoms with E-state index in [-0.39, 0.29) is 0 Å². The Kier molecular flexibility index (Phi) is 5.41. The first kappa shape index (κ1) is 20.6. The predicted octanol–water partition coefficient (Wildman–Crippen LogP) is 7.13. The normalized spacial score (nSPS) is 11.3. The van der Waals surface area contributed by atoms with Gasteiger partial charge in [-0.2, -0.15) is 0 Å². The molecule has 0 spiro atoms. The minimum absolute atomic E-state index is 0.838. The standard InChI is InChI=1S/C29H24N4/c1-4-8-27-24(5-2)25-15-20(3)11-12-28(25)33(27)29-17-23(21-9-6-13-30-18-21)16-26(32-29)22-10-7-14-31-19-22/h4-19H,2H2,1,3H3/b8-4-. The molecule has 5 rings (SSSR count). The number of aryl methyl sites for hydroxylation is 1. The quantitative estimate of drug-likeness (QED) is 0.299. The maximum Gasteiger partial charge on any atom is 0.138 e. The number of benzene rings is 1. The van der Waals surface area contributed by atoms with Crippen LogP contribution in [0.25, 0.3) is 51.3 Å². The molecule has 0 atom stereocenters. The van der Waals surface area contributed by atoms with Gasteiger partial charge < -0.3 is 0 Å². The Bertz CT molecular complexity index is 1420. The summed E-state index contributed by atoms with van der Waals surface area (Å²) in [5, 5.41) is 1.16. The smallest absolute Gasteiger partial charge is 0.138 e. The highest BCUT2D eigenvalue weighted by atomic mass is 15.1. The van der Waals surface area contributed by atoms with E-state index in [9.17, 15) is 0 Å². The number of hydrogen-bond donors (Lipinski definition) is 0. The van der Waals surface area contributed by atoms with E-state index >= 15 is 0 Å². The molecule has 0 aliphatic carbocycles. The second kappa shape index (κ2) is 8.67. The summed E-state index contributed by atoms with van der Waals surface area (Å²) in [6.07, 6.45) is 13.4. The van der Waals surface area contributed by atoms with Crippen molar-refractivity contribution < 1.29 is 0 Å². The molecule has 5 aromatic rings.